The smallest absolute Gasteiger partial charge is 0.204 e. The van der Waals surface area contributed by atoms with Crippen LogP contribution in [0.4, 0.5) is 5.95 Å². The zero-order chi connectivity index (χ0) is 17.6. The van der Waals surface area contributed by atoms with Crippen LogP contribution in [0.25, 0.3) is 11.0 Å². The number of hydrogen-bond acceptors (Lipinski definition) is 3. The van der Waals surface area contributed by atoms with Crippen LogP contribution in [0.1, 0.15) is 19.4 Å². The Morgan fingerprint density at radius 2 is 1.76 bits per heavy atom. The van der Waals surface area contributed by atoms with Crippen molar-refractivity contribution in [1.29, 1.82) is 0 Å². The van der Waals surface area contributed by atoms with E-state index in [1.165, 1.54) is 0 Å². The first kappa shape index (κ1) is 17.8. The molecular formula is C20H25ClN4. The fourth-order valence-electron chi connectivity index (χ4n) is 3.03. The van der Waals surface area contributed by atoms with E-state index in [-0.39, 0.29) is 0 Å². The average Bonchev–Trinajstić information content (AvgIpc) is 2.99. The maximum absolute atomic E-state index is 6.28. The summed E-state index contributed by atoms with van der Waals surface area (Å²) in [5.74, 6) is 0.897. The van der Waals surface area contributed by atoms with Crippen LogP contribution in [0.5, 0.6) is 0 Å². The van der Waals surface area contributed by atoms with Gasteiger partial charge in [-0.3, -0.25) is 0 Å². The summed E-state index contributed by atoms with van der Waals surface area (Å²) in [4.78, 5) is 7.20. The van der Waals surface area contributed by atoms with Gasteiger partial charge in [0, 0.05) is 24.7 Å². The molecule has 0 amide bonds. The number of hydrogen-bond donors (Lipinski definition) is 1. The van der Waals surface area contributed by atoms with Gasteiger partial charge in [0.25, 0.3) is 0 Å². The summed E-state index contributed by atoms with van der Waals surface area (Å²) >= 11 is 6.28. The third kappa shape index (κ3) is 4.14. The van der Waals surface area contributed by atoms with Crippen molar-refractivity contribution in [2.45, 2.75) is 26.9 Å². The molecule has 0 unspecified atom stereocenters. The minimum absolute atomic E-state index is 0.661. The van der Waals surface area contributed by atoms with E-state index in [0.717, 1.165) is 53.7 Å². The molecule has 132 valence electrons. The summed E-state index contributed by atoms with van der Waals surface area (Å²) in [6.45, 7) is 9.10. The largest absolute Gasteiger partial charge is 0.351 e. The van der Waals surface area contributed by atoms with Crippen LogP contribution in [0.2, 0.25) is 5.02 Å². The Hall–Kier alpha value is -2.04. The summed E-state index contributed by atoms with van der Waals surface area (Å²) < 4.78 is 2.27. The van der Waals surface area contributed by atoms with Gasteiger partial charge >= 0.3 is 0 Å². The first-order valence-electron chi connectivity index (χ1n) is 8.87. The van der Waals surface area contributed by atoms with Gasteiger partial charge in [-0.05, 0) is 36.9 Å². The fraction of sp³-hybridized carbons (Fsp3) is 0.350. The van der Waals surface area contributed by atoms with E-state index in [1.54, 1.807) is 0 Å². The van der Waals surface area contributed by atoms with Crippen molar-refractivity contribution in [3.8, 4) is 0 Å². The second kappa shape index (κ2) is 8.37. The Kier molecular flexibility index (Phi) is 5.95. The maximum Gasteiger partial charge on any atom is 0.204 e. The first-order chi connectivity index (χ1) is 12.2. The van der Waals surface area contributed by atoms with Gasteiger partial charge in [0.15, 0.2) is 0 Å². The molecule has 0 bridgehead atoms. The Balaban J connectivity index is 1.83. The highest BCUT2D eigenvalue weighted by molar-refractivity contribution is 6.31. The Morgan fingerprint density at radius 1 is 1.04 bits per heavy atom. The molecule has 0 saturated heterocycles. The van der Waals surface area contributed by atoms with Gasteiger partial charge in [-0.25, -0.2) is 4.98 Å². The van der Waals surface area contributed by atoms with E-state index in [0.29, 0.717) is 6.54 Å². The zero-order valence-electron chi connectivity index (χ0n) is 14.9. The number of likely N-dealkylation sites (N-methyl/N-ethyl adjacent to an activating group) is 1. The standard InChI is InChI=1S/C20H25ClN4/c1-3-24(4-2)13-14-25-19-12-8-7-11-18(19)23-20(25)22-15-16-9-5-6-10-17(16)21/h5-12H,3-4,13-15H2,1-2H3,(H,22,23). The van der Waals surface area contributed by atoms with Gasteiger partial charge in [-0.15, -0.1) is 0 Å². The van der Waals surface area contributed by atoms with E-state index in [9.17, 15) is 0 Å². The number of benzene rings is 2. The highest BCUT2D eigenvalue weighted by Gasteiger charge is 2.11. The monoisotopic (exact) mass is 356 g/mol. The number of rotatable bonds is 8. The zero-order valence-corrected chi connectivity index (χ0v) is 15.6. The van der Waals surface area contributed by atoms with Crippen LogP contribution in [-0.2, 0) is 13.1 Å². The molecule has 0 aliphatic carbocycles. The van der Waals surface area contributed by atoms with E-state index < -0.39 is 0 Å². The van der Waals surface area contributed by atoms with Gasteiger partial charge in [0.2, 0.25) is 5.95 Å². The number of para-hydroxylation sites is 2. The Bertz CT molecular complexity index is 823. The van der Waals surface area contributed by atoms with Gasteiger partial charge in [0.05, 0.1) is 11.0 Å². The second-order valence-corrected chi connectivity index (χ2v) is 6.45. The van der Waals surface area contributed by atoms with Crippen LogP contribution >= 0.6 is 11.6 Å². The molecule has 1 N–H and O–H groups in total. The Morgan fingerprint density at radius 3 is 2.52 bits per heavy atom. The molecule has 0 radical (unpaired) electrons. The molecule has 0 atom stereocenters. The third-order valence-electron chi connectivity index (χ3n) is 4.58. The van der Waals surface area contributed by atoms with Crippen LogP contribution in [0, 0.1) is 0 Å². The summed E-state index contributed by atoms with van der Waals surface area (Å²) in [5.41, 5.74) is 3.26. The molecule has 3 aromatic rings. The van der Waals surface area contributed by atoms with Crippen molar-refractivity contribution in [2.24, 2.45) is 0 Å². The summed E-state index contributed by atoms with van der Waals surface area (Å²) in [5, 5.41) is 4.25. The predicted molar refractivity (Wildman–Crippen MR) is 106 cm³/mol. The van der Waals surface area contributed by atoms with Crippen molar-refractivity contribution in [3.63, 3.8) is 0 Å². The third-order valence-corrected chi connectivity index (χ3v) is 4.95. The molecule has 1 heterocycles. The van der Waals surface area contributed by atoms with Crippen molar-refractivity contribution in [1.82, 2.24) is 14.5 Å². The molecule has 4 nitrogen and oxygen atoms in total. The molecule has 2 aromatic carbocycles. The first-order valence-corrected chi connectivity index (χ1v) is 9.25. The van der Waals surface area contributed by atoms with Gasteiger partial charge < -0.3 is 14.8 Å². The molecule has 1 aromatic heterocycles. The number of anilines is 1. The molecule has 0 aliphatic heterocycles. The van der Waals surface area contributed by atoms with Crippen molar-refractivity contribution < 1.29 is 0 Å². The molecule has 0 fully saturated rings. The Labute approximate surface area is 154 Å². The summed E-state index contributed by atoms with van der Waals surface area (Å²) in [6.07, 6.45) is 0. The number of aromatic nitrogens is 2. The van der Waals surface area contributed by atoms with Crippen molar-refractivity contribution >= 4 is 28.6 Å². The lowest BCUT2D eigenvalue weighted by Gasteiger charge is -2.19. The van der Waals surface area contributed by atoms with Crippen molar-refractivity contribution in [2.75, 3.05) is 25.0 Å². The van der Waals surface area contributed by atoms with Gasteiger partial charge in [-0.2, -0.15) is 0 Å². The van der Waals surface area contributed by atoms with E-state index in [2.05, 4.69) is 46.8 Å². The number of fused-ring (bicyclic) bond motifs is 1. The highest BCUT2D eigenvalue weighted by atomic mass is 35.5. The quantitative estimate of drug-likeness (QED) is 0.638. The van der Waals surface area contributed by atoms with E-state index in [4.69, 9.17) is 16.6 Å². The topological polar surface area (TPSA) is 33.1 Å². The summed E-state index contributed by atoms with van der Waals surface area (Å²) in [6, 6.07) is 16.2. The number of imidazole rings is 1. The molecule has 0 aliphatic rings. The summed E-state index contributed by atoms with van der Waals surface area (Å²) in [7, 11) is 0. The molecule has 3 rings (SSSR count). The number of halogens is 1. The fourth-order valence-corrected chi connectivity index (χ4v) is 3.24. The molecule has 0 spiro atoms. The number of nitrogens with zero attached hydrogens (tertiary/aromatic N) is 3. The lowest BCUT2D eigenvalue weighted by molar-refractivity contribution is 0.292. The lowest BCUT2D eigenvalue weighted by atomic mass is 10.2. The molecule has 0 saturated carbocycles. The minimum Gasteiger partial charge on any atom is -0.351 e. The normalized spacial score (nSPS) is 11.4. The molecule has 5 heteroatoms. The van der Waals surface area contributed by atoms with Crippen LogP contribution in [-0.4, -0.2) is 34.1 Å². The van der Waals surface area contributed by atoms with Crippen molar-refractivity contribution in [3.05, 3.63) is 59.1 Å². The van der Waals surface area contributed by atoms with Crippen LogP contribution < -0.4 is 5.32 Å². The highest BCUT2D eigenvalue weighted by Crippen LogP contribution is 2.21. The van der Waals surface area contributed by atoms with Gasteiger partial charge in [0.1, 0.15) is 0 Å². The molecule has 25 heavy (non-hydrogen) atoms. The molecular weight excluding hydrogens is 332 g/mol. The van der Waals surface area contributed by atoms with E-state index in [1.807, 2.05) is 30.3 Å². The SMILES string of the molecule is CCN(CC)CCn1c(NCc2ccccc2Cl)nc2ccccc21. The van der Waals surface area contributed by atoms with Crippen LogP contribution in [0.3, 0.4) is 0 Å². The van der Waals surface area contributed by atoms with Crippen LogP contribution in [0.15, 0.2) is 48.5 Å². The lowest BCUT2D eigenvalue weighted by Crippen LogP contribution is -2.27. The van der Waals surface area contributed by atoms with Gasteiger partial charge in [-0.1, -0.05) is 55.8 Å². The second-order valence-electron chi connectivity index (χ2n) is 6.05. The van der Waals surface area contributed by atoms with E-state index >= 15 is 0 Å². The average molecular weight is 357 g/mol. The minimum atomic E-state index is 0.661. The number of nitrogens with one attached hydrogen (secondary N) is 1. The maximum atomic E-state index is 6.28. The predicted octanol–water partition coefficient (Wildman–Crippen LogP) is 4.64.